The Labute approximate surface area is 95.4 Å². The van der Waals surface area contributed by atoms with Gasteiger partial charge in [0.2, 0.25) is 0 Å². The molecule has 3 heteroatoms. The number of hydrogen-bond acceptors (Lipinski definition) is 2. The highest BCUT2D eigenvalue weighted by Crippen LogP contribution is 2.21. The van der Waals surface area contributed by atoms with Crippen LogP contribution in [0.4, 0.5) is 0 Å². The highest BCUT2D eigenvalue weighted by Gasteiger charge is 2.28. The third kappa shape index (κ3) is 5.01. The minimum atomic E-state index is -2.93. The van der Waals surface area contributed by atoms with Gasteiger partial charge >= 0.3 is 0 Å². The topological polar surface area (TPSA) is 34.1 Å². The Kier molecular flexibility index (Phi) is 5.86. The average molecular weight is 234 g/mol. The molecule has 15 heavy (non-hydrogen) atoms. The van der Waals surface area contributed by atoms with Crippen molar-refractivity contribution in [3.05, 3.63) is 0 Å². The van der Waals surface area contributed by atoms with Crippen LogP contribution in [0.3, 0.4) is 0 Å². The van der Waals surface area contributed by atoms with Crippen molar-refractivity contribution in [1.82, 2.24) is 0 Å². The molecule has 0 aromatic rings. The molecule has 2 nitrogen and oxygen atoms in total. The van der Waals surface area contributed by atoms with Crippen LogP contribution < -0.4 is 0 Å². The zero-order valence-corrected chi connectivity index (χ0v) is 11.8. The van der Waals surface area contributed by atoms with Gasteiger partial charge in [-0.25, -0.2) is 8.42 Å². The quantitative estimate of drug-likeness (QED) is 0.707. The lowest BCUT2D eigenvalue weighted by Gasteiger charge is -2.21. The maximum atomic E-state index is 12.1. The Morgan fingerprint density at radius 2 is 1.00 bits per heavy atom. The van der Waals surface area contributed by atoms with E-state index in [1.165, 1.54) is 0 Å². The summed E-state index contributed by atoms with van der Waals surface area (Å²) in [6.45, 7) is 12.0. The van der Waals surface area contributed by atoms with Crippen molar-refractivity contribution in [2.24, 2.45) is 11.8 Å². The highest BCUT2D eigenvalue weighted by atomic mass is 32.2. The molecule has 0 saturated heterocycles. The van der Waals surface area contributed by atoms with Crippen molar-refractivity contribution in [2.45, 2.75) is 64.9 Å². The summed E-state index contributed by atoms with van der Waals surface area (Å²) in [4.78, 5) is 0. The van der Waals surface area contributed by atoms with Gasteiger partial charge in [-0.15, -0.1) is 0 Å². The molecule has 0 saturated carbocycles. The number of hydrogen-bond donors (Lipinski definition) is 0. The van der Waals surface area contributed by atoms with Crippen LogP contribution in [0.1, 0.15) is 54.4 Å². The van der Waals surface area contributed by atoms with Gasteiger partial charge in [-0.1, -0.05) is 27.7 Å². The van der Waals surface area contributed by atoms with Crippen molar-refractivity contribution in [3.8, 4) is 0 Å². The average Bonchev–Trinajstić information content (AvgIpc) is 2.01. The summed E-state index contributed by atoms with van der Waals surface area (Å²) < 4.78 is 24.2. The van der Waals surface area contributed by atoms with Crippen LogP contribution in [0.5, 0.6) is 0 Å². The lowest BCUT2D eigenvalue weighted by molar-refractivity contribution is 0.507. The fourth-order valence-corrected chi connectivity index (χ4v) is 4.09. The van der Waals surface area contributed by atoms with Gasteiger partial charge in [0.25, 0.3) is 0 Å². The monoisotopic (exact) mass is 234 g/mol. The van der Waals surface area contributed by atoms with Gasteiger partial charge in [-0.05, 0) is 38.5 Å². The summed E-state index contributed by atoms with van der Waals surface area (Å²) in [5.74, 6) is 0.891. The van der Waals surface area contributed by atoms with Crippen LogP contribution in [-0.4, -0.2) is 18.9 Å². The van der Waals surface area contributed by atoms with Crippen LogP contribution in [-0.2, 0) is 9.84 Å². The summed E-state index contributed by atoms with van der Waals surface area (Å²) in [5, 5.41) is -0.405. The van der Waals surface area contributed by atoms with Gasteiger partial charge in [0.15, 0.2) is 9.84 Å². The summed E-state index contributed by atoms with van der Waals surface area (Å²) >= 11 is 0. The Balaban J connectivity index is 4.52. The van der Waals surface area contributed by atoms with Crippen LogP contribution in [0.2, 0.25) is 0 Å². The Hall–Kier alpha value is -0.0500. The van der Waals surface area contributed by atoms with Crippen LogP contribution in [0.15, 0.2) is 0 Å². The molecule has 0 spiro atoms. The Morgan fingerprint density at radius 1 is 0.733 bits per heavy atom. The van der Waals surface area contributed by atoms with Crippen molar-refractivity contribution < 1.29 is 8.42 Å². The zero-order valence-electron chi connectivity index (χ0n) is 10.9. The molecular formula is C12H26O2S. The second-order valence-corrected chi connectivity index (χ2v) is 8.26. The van der Waals surface area contributed by atoms with Crippen molar-refractivity contribution in [1.29, 1.82) is 0 Å². The Bertz CT molecular complexity index is 243. The Morgan fingerprint density at radius 3 is 1.20 bits per heavy atom. The predicted octanol–water partition coefficient (Wildman–Crippen LogP) is 3.27. The molecular weight excluding hydrogens is 208 g/mol. The van der Waals surface area contributed by atoms with E-state index in [1.807, 2.05) is 13.8 Å². The fraction of sp³-hybridized carbons (Fsp3) is 1.00. The van der Waals surface area contributed by atoms with E-state index < -0.39 is 9.84 Å². The molecule has 0 fully saturated rings. The molecule has 2 atom stereocenters. The predicted molar refractivity (Wildman–Crippen MR) is 66.8 cm³/mol. The molecule has 0 aromatic heterocycles. The van der Waals surface area contributed by atoms with Gasteiger partial charge in [-0.2, -0.15) is 0 Å². The van der Waals surface area contributed by atoms with Gasteiger partial charge in [-0.3, -0.25) is 0 Å². The molecule has 0 rings (SSSR count). The van der Waals surface area contributed by atoms with Crippen molar-refractivity contribution in [3.63, 3.8) is 0 Å². The summed E-state index contributed by atoms with van der Waals surface area (Å²) in [6.07, 6.45) is 1.54. The van der Waals surface area contributed by atoms with E-state index in [4.69, 9.17) is 0 Å². The molecule has 0 aliphatic rings. The standard InChI is InChI=1S/C12H26O2S/c1-9(2)7-11(5)15(13,14)12(6)8-10(3)4/h9-12H,7-8H2,1-6H3. The van der Waals surface area contributed by atoms with E-state index >= 15 is 0 Å². The molecule has 0 aliphatic heterocycles. The molecule has 0 bridgehead atoms. The lowest BCUT2D eigenvalue weighted by Crippen LogP contribution is -2.30. The first kappa shape index (κ1) is 14.9. The molecule has 0 radical (unpaired) electrons. The molecule has 2 unspecified atom stereocenters. The third-order valence-corrected chi connectivity index (χ3v) is 5.36. The summed E-state index contributed by atoms with van der Waals surface area (Å²) in [5.41, 5.74) is 0. The maximum absolute atomic E-state index is 12.1. The fourth-order valence-electron chi connectivity index (χ4n) is 1.99. The minimum absolute atomic E-state index is 0.203. The first-order valence-corrected chi connectivity index (χ1v) is 7.51. The molecule has 0 amide bonds. The summed E-state index contributed by atoms with van der Waals surface area (Å²) in [7, 11) is -2.93. The van der Waals surface area contributed by atoms with Gasteiger partial charge in [0, 0.05) is 0 Å². The molecule has 0 aromatic carbocycles. The van der Waals surface area contributed by atoms with E-state index in [9.17, 15) is 8.42 Å². The second kappa shape index (κ2) is 5.88. The number of rotatable bonds is 6. The second-order valence-electron chi connectivity index (χ2n) is 5.47. The van der Waals surface area contributed by atoms with Gasteiger partial charge < -0.3 is 0 Å². The number of sulfone groups is 1. The molecule has 0 heterocycles. The van der Waals surface area contributed by atoms with Gasteiger partial charge in [0.05, 0.1) is 10.5 Å². The third-order valence-electron chi connectivity index (χ3n) is 2.73. The van der Waals surface area contributed by atoms with E-state index in [0.717, 1.165) is 12.8 Å². The van der Waals surface area contributed by atoms with Crippen molar-refractivity contribution >= 4 is 9.84 Å². The molecule has 0 N–H and O–H groups in total. The van der Waals surface area contributed by atoms with E-state index in [2.05, 4.69) is 27.7 Å². The maximum Gasteiger partial charge on any atom is 0.155 e. The first-order valence-electron chi connectivity index (χ1n) is 5.90. The molecule has 92 valence electrons. The van der Waals surface area contributed by atoms with Crippen molar-refractivity contribution in [2.75, 3.05) is 0 Å². The van der Waals surface area contributed by atoms with E-state index in [1.54, 1.807) is 0 Å². The van der Waals surface area contributed by atoms with Gasteiger partial charge in [0.1, 0.15) is 0 Å². The zero-order chi connectivity index (χ0) is 12.2. The van der Waals surface area contributed by atoms with E-state index in [-0.39, 0.29) is 10.5 Å². The smallest absolute Gasteiger partial charge is 0.155 e. The van der Waals surface area contributed by atoms with Crippen LogP contribution in [0.25, 0.3) is 0 Å². The normalized spacial score (nSPS) is 17.1. The van der Waals surface area contributed by atoms with Crippen LogP contribution >= 0.6 is 0 Å². The molecule has 0 aliphatic carbocycles. The SMILES string of the molecule is CC(C)CC(C)S(=O)(=O)C(C)CC(C)C. The summed E-state index contributed by atoms with van der Waals surface area (Å²) in [6, 6.07) is 0. The first-order chi connectivity index (χ1) is 6.67. The van der Waals surface area contributed by atoms with Crippen LogP contribution in [0, 0.1) is 11.8 Å². The largest absolute Gasteiger partial charge is 0.228 e. The lowest BCUT2D eigenvalue weighted by atomic mass is 10.1. The van der Waals surface area contributed by atoms with E-state index in [0.29, 0.717) is 11.8 Å². The highest BCUT2D eigenvalue weighted by molar-refractivity contribution is 7.92. The minimum Gasteiger partial charge on any atom is -0.228 e.